The van der Waals surface area contributed by atoms with Gasteiger partial charge in [-0.15, -0.1) is 10.2 Å². The number of aliphatic hydroxyl groups is 2. The second-order valence-corrected chi connectivity index (χ2v) is 8.27. The molecule has 0 saturated carbocycles. The van der Waals surface area contributed by atoms with E-state index >= 15 is 0 Å². The van der Waals surface area contributed by atoms with E-state index < -0.39 is 30.3 Å². The van der Waals surface area contributed by atoms with E-state index in [1.54, 1.807) is 6.07 Å². The van der Waals surface area contributed by atoms with Crippen molar-refractivity contribution in [1.29, 1.82) is 0 Å². The van der Waals surface area contributed by atoms with E-state index in [2.05, 4.69) is 20.5 Å². The molecule has 0 fully saturated rings. The Balaban J connectivity index is 1.75. The maximum atomic E-state index is 13.8. The number of halogens is 5. The molecule has 2 aromatic carbocycles. The Labute approximate surface area is 211 Å². The topological polar surface area (TPSA) is 123 Å². The fourth-order valence-corrected chi connectivity index (χ4v) is 3.55. The van der Waals surface area contributed by atoms with Crippen molar-refractivity contribution in [2.45, 2.75) is 25.4 Å². The molecule has 0 aliphatic rings. The van der Waals surface area contributed by atoms with Crippen molar-refractivity contribution in [3.63, 3.8) is 0 Å². The molecule has 1 unspecified atom stereocenters. The van der Waals surface area contributed by atoms with Crippen molar-refractivity contribution >= 4 is 17.5 Å². The molecule has 3 N–H and O–H groups in total. The van der Waals surface area contributed by atoms with Crippen LogP contribution in [0.25, 0.3) is 17.1 Å². The molecule has 37 heavy (non-hydrogen) atoms. The number of hydrogen-bond acceptors (Lipinski definition) is 7. The van der Waals surface area contributed by atoms with E-state index in [9.17, 15) is 27.5 Å². The highest BCUT2D eigenvalue weighted by molar-refractivity contribution is 6.30. The van der Waals surface area contributed by atoms with Crippen LogP contribution < -0.4 is 11.0 Å². The van der Waals surface area contributed by atoms with Gasteiger partial charge in [0.1, 0.15) is 12.4 Å². The molecular formula is C22H20ClF4N7O3. The Morgan fingerprint density at radius 3 is 2.49 bits per heavy atom. The van der Waals surface area contributed by atoms with Crippen molar-refractivity contribution in [2.75, 3.05) is 18.5 Å². The van der Waals surface area contributed by atoms with Crippen LogP contribution in [-0.2, 0) is 13.1 Å². The summed E-state index contributed by atoms with van der Waals surface area (Å²) < 4.78 is 55.8. The molecule has 0 spiro atoms. The summed E-state index contributed by atoms with van der Waals surface area (Å²) in [6, 6.07) is 11.3. The van der Waals surface area contributed by atoms with Gasteiger partial charge in [0.2, 0.25) is 5.95 Å². The Hall–Kier alpha value is -3.75. The lowest BCUT2D eigenvalue weighted by atomic mass is 10.2. The molecule has 15 heteroatoms. The van der Waals surface area contributed by atoms with Crippen LogP contribution in [0.15, 0.2) is 53.3 Å². The van der Waals surface area contributed by atoms with Crippen LogP contribution in [0.1, 0.15) is 5.82 Å². The van der Waals surface area contributed by atoms with Crippen molar-refractivity contribution in [3.8, 4) is 17.1 Å². The van der Waals surface area contributed by atoms with Crippen molar-refractivity contribution in [2.24, 2.45) is 0 Å². The predicted octanol–water partition coefficient (Wildman–Crippen LogP) is 2.46. The van der Waals surface area contributed by atoms with Gasteiger partial charge < -0.3 is 15.5 Å². The van der Waals surface area contributed by atoms with Gasteiger partial charge in [-0.3, -0.25) is 4.57 Å². The summed E-state index contributed by atoms with van der Waals surface area (Å²) in [4.78, 5) is 17.3. The smallest absolute Gasteiger partial charge is 0.395 e. The van der Waals surface area contributed by atoms with Gasteiger partial charge in [-0.1, -0.05) is 17.7 Å². The number of nitrogens with zero attached hydrogens (tertiary/aromatic N) is 6. The van der Waals surface area contributed by atoms with E-state index in [1.807, 2.05) is 0 Å². The first-order chi connectivity index (χ1) is 17.6. The van der Waals surface area contributed by atoms with Gasteiger partial charge in [-0.2, -0.15) is 22.8 Å². The summed E-state index contributed by atoms with van der Waals surface area (Å²) in [5.41, 5.74) is -0.356. The third-order valence-corrected chi connectivity index (χ3v) is 5.40. The molecule has 0 aliphatic heterocycles. The first-order valence-electron chi connectivity index (χ1n) is 10.8. The molecule has 0 amide bonds. The van der Waals surface area contributed by atoms with Crippen molar-refractivity contribution in [3.05, 3.63) is 75.7 Å². The van der Waals surface area contributed by atoms with Gasteiger partial charge in [-0.25, -0.2) is 13.9 Å². The molecule has 0 bridgehead atoms. The standard InChI is InChI=1S/C22H20ClF4N7O3/c23-14-6-4-13(5-7-14)19-31-33(21(37)32(19)11-17(36)22(25,26)27)12-18-29-20(28-8-9-35)34(30-18)16-3-1-2-15(24)10-16/h1-7,10,17,35-36H,8-9,11-12H2,(H,28,29,30). The van der Waals surface area contributed by atoms with Gasteiger partial charge in [0, 0.05) is 17.1 Å². The van der Waals surface area contributed by atoms with E-state index in [4.69, 9.17) is 16.7 Å². The maximum Gasteiger partial charge on any atom is 0.416 e. The summed E-state index contributed by atoms with van der Waals surface area (Å²) in [6.07, 6.45) is -7.77. The Morgan fingerprint density at radius 2 is 1.84 bits per heavy atom. The molecule has 10 nitrogen and oxygen atoms in total. The Morgan fingerprint density at radius 1 is 1.11 bits per heavy atom. The fourth-order valence-electron chi connectivity index (χ4n) is 3.42. The average Bonchev–Trinajstić information content (AvgIpc) is 3.39. The number of aromatic nitrogens is 6. The normalized spacial score (nSPS) is 12.6. The zero-order valence-electron chi connectivity index (χ0n) is 18.9. The average molecular weight is 542 g/mol. The molecule has 196 valence electrons. The first-order valence-corrected chi connectivity index (χ1v) is 11.2. The lowest BCUT2D eigenvalue weighted by Crippen LogP contribution is -2.37. The zero-order chi connectivity index (χ0) is 26.7. The van der Waals surface area contributed by atoms with E-state index in [1.165, 1.54) is 47.1 Å². The number of hydrogen-bond donors (Lipinski definition) is 3. The third-order valence-electron chi connectivity index (χ3n) is 5.15. The largest absolute Gasteiger partial charge is 0.416 e. The van der Waals surface area contributed by atoms with E-state index in [-0.39, 0.29) is 42.9 Å². The lowest BCUT2D eigenvalue weighted by molar-refractivity contribution is -0.207. The Kier molecular flexibility index (Phi) is 7.61. The number of rotatable bonds is 9. The summed E-state index contributed by atoms with van der Waals surface area (Å²) in [5, 5.41) is 30.4. The predicted molar refractivity (Wildman–Crippen MR) is 125 cm³/mol. The molecule has 1 atom stereocenters. The number of nitrogens with one attached hydrogen (secondary N) is 1. The molecule has 4 rings (SSSR count). The molecule has 0 radical (unpaired) electrons. The molecular weight excluding hydrogens is 522 g/mol. The highest BCUT2D eigenvalue weighted by Crippen LogP contribution is 2.24. The molecule has 2 heterocycles. The molecule has 0 saturated heterocycles. The highest BCUT2D eigenvalue weighted by Gasteiger charge is 2.39. The SMILES string of the molecule is O=c1n(Cc2nc(NCCO)n(-c3cccc(F)c3)n2)nc(-c2ccc(Cl)cc2)n1CC(O)C(F)(F)F. The Bertz CT molecular complexity index is 1430. The van der Waals surface area contributed by atoms with Crippen LogP contribution in [0.2, 0.25) is 5.02 Å². The zero-order valence-corrected chi connectivity index (χ0v) is 19.7. The summed E-state index contributed by atoms with van der Waals surface area (Å²) in [5.74, 6) is -0.510. The third kappa shape index (κ3) is 5.98. The number of aliphatic hydroxyl groups excluding tert-OH is 2. The minimum Gasteiger partial charge on any atom is -0.395 e. The number of alkyl halides is 3. The number of anilines is 1. The summed E-state index contributed by atoms with van der Waals surface area (Å²) in [7, 11) is 0. The van der Waals surface area contributed by atoms with Crippen LogP contribution in [0, 0.1) is 5.82 Å². The van der Waals surface area contributed by atoms with Crippen molar-refractivity contribution < 1.29 is 27.8 Å². The summed E-state index contributed by atoms with van der Waals surface area (Å²) in [6.45, 7) is -1.58. The van der Waals surface area contributed by atoms with Crippen LogP contribution in [0.4, 0.5) is 23.5 Å². The van der Waals surface area contributed by atoms with Gasteiger partial charge in [0.15, 0.2) is 17.8 Å². The van der Waals surface area contributed by atoms with Crippen molar-refractivity contribution in [1.82, 2.24) is 29.1 Å². The minimum absolute atomic E-state index is 0.0236. The van der Waals surface area contributed by atoms with Gasteiger partial charge >= 0.3 is 11.9 Å². The first kappa shape index (κ1) is 26.3. The molecule has 0 aliphatic carbocycles. The quantitative estimate of drug-likeness (QED) is 0.278. The summed E-state index contributed by atoms with van der Waals surface area (Å²) >= 11 is 5.89. The van der Waals surface area contributed by atoms with Crippen LogP contribution in [-0.4, -0.2) is 64.8 Å². The second-order valence-electron chi connectivity index (χ2n) is 7.83. The lowest BCUT2D eigenvalue weighted by Gasteiger charge is -2.15. The van der Waals surface area contributed by atoms with Crippen LogP contribution in [0.3, 0.4) is 0 Å². The molecule has 2 aromatic heterocycles. The van der Waals surface area contributed by atoms with Crippen LogP contribution in [0.5, 0.6) is 0 Å². The van der Waals surface area contributed by atoms with Gasteiger partial charge in [0.05, 0.1) is 18.8 Å². The van der Waals surface area contributed by atoms with Gasteiger partial charge in [-0.05, 0) is 42.5 Å². The van der Waals surface area contributed by atoms with E-state index in [0.717, 1.165) is 4.68 Å². The highest BCUT2D eigenvalue weighted by atomic mass is 35.5. The fraction of sp³-hybridized carbons (Fsp3) is 0.273. The minimum atomic E-state index is -4.96. The second kappa shape index (κ2) is 10.7. The molecule has 4 aromatic rings. The van der Waals surface area contributed by atoms with E-state index in [0.29, 0.717) is 15.3 Å². The van der Waals surface area contributed by atoms with Crippen LogP contribution >= 0.6 is 11.6 Å². The van der Waals surface area contributed by atoms with Gasteiger partial charge in [0.25, 0.3) is 0 Å². The monoisotopic (exact) mass is 541 g/mol. The maximum absolute atomic E-state index is 13.8. The number of benzene rings is 2.